The highest BCUT2D eigenvalue weighted by molar-refractivity contribution is 7.86. The van der Waals surface area contributed by atoms with Gasteiger partial charge in [0.1, 0.15) is 11.9 Å². The topological polar surface area (TPSA) is 161 Å². The van der Waals surface area contributed by atoms with E-state index in [1.807, 2.05) is 0 Å². The van der Waals surface area contributed by atoms with Crippen LogP contribution in [0.2, 0.25) is 0 Å². The van der Waals surface area contributed by atoms with Crippen molar-refractivity contribution >= 4 is 37.6 Å². The van der Waals surface area contributed by atoms with Crippen LogP contribution in [0.15, 0.2) is 29.2 Å². The summed E-state index contributed by atoms with van der Waals surface area (Å²) in [4.78, 5) is 5.57. The Morgan fingerprint density at radius 3 is 2.38 bits per heavy atom. The molecule has 3 N–H and O–H groups in total. The van der Waals surface area contributed by atoms with Crippen molar-refractivity contribution in [2.75, 3.05) is 29.6 Å². The van der Waals surface area contributed by atoms with Crippen molar-refractivity contribution in [3.63, 3.8) is 0 Å². The van der Waals surface area contributed by atoms with Gasteiger partial charge in [-0.1, -0.05) is 6.07 Å². The van der Waals surface area contributed by atoms with Gasteiger partial charge in [0.15, 0.2) is 5.82 Å². The molecule has 0 amide bonds. The zero-order valence-electron chi connectivity index (χ0n) is 15.9. The van der Waals surface area contributed by atoms with Gasteiger partial charge in [-0.3, -0.25) is 9.11 Å². The molecule has 10 nitrogen and oxygen atoms in total. The van der Waals surface area contributed by atoms with Crippen molar-refractivity contribution < 1.29 is 25.9 Å². The molecule has 2 rings (SSSR count). The Balaban J connectivity index is 2.52. The molecule has 0 saturated carbocycles. The van der Waals surface area contributed by atoms with Crippen LogP contribution in [0.5, 0.6) is 0 Å². The summed E-state index contributed by atoms with van der Waals surface area (Å²) in [6, 6.07) is 7.56. The maximum absolute atomic E-state index is 11.4. The minimum atomic E-state index is -4.41. The molecule has 2 aromatic rings. The summed E-state index contributed by atoms with van der Waals surface area (Å²) in [5, 5.41) is 12.4. The van der Waals surface area contributed by atoms with Crippen molar-refractivity contribution in [3.8, 4) is 6.07 Å². The van der Waals surface area contributed by atoms with E-state index in [0.29, 0.717) is 22.6 Å². The van der Waals surface area contributed by atoms with Crippen molar-refractivity contribution in [2.45, 2.75) is 18.7 Å². The van der Waals surface area contributed by atoms with Gasteiger partial charge >= 0.3 is 0 Å². The number of rotatable bonds is 7. The third-order valence-corrected chi connectivity index (χ3v) is 5.89. The zero-order valence-corrected chi connectivity index (χ0v) is 17.5. The molecule has 0 spiro atoms. The first-order valence-electron chi connectivity index (χ1n) is 8.26. The largest absolute Gasteiger partial charge is 0.369 e. The van der Waals surface area contributed by atoms with Gasteiger partial charge in [-0.2, -0.15) is 22.1 Å². The van der Waals surface area contributed by atoms with Crippen molar-refractivity contribution in [2.24, 2.45) is 0 Å². The summed E-state index contributed by atoms with van der Waals surface area (Å²) < 4.78 is 62.8. The summed E-state index contributed by atoms with van der Waals surface area (Å²) in [5.74, 6) is 0.00440. The second kappa shape index (κ2) is 8.34. The van der Waals surface area contributed by atoms with E-state index in [1.165, 1.54) is 23.1 Å². The number of benzene rings is 1. The lowest BCUT2D eigenvalue weighted by Crippen LogP contribution is -2.19. The average molecular weight is 441 g/mol. The third kappa shape index (κ3) is 5.42. The SMILES string of the molecule is Cc1c(NCCS(=O)(=O)O)nc(N(C)c2cccc(S(=O)(=O)O)c2)c(C#N)c1C. The van der Waals surface area contributed by atoms with Crippen LogP contribution in [0.4, 0.5) is 17.3 Å². The average Bonchev–Trinajstić information content (AvgIpc) is 2.63. The highest BCUT2D eigenvalue weighted by Crippen LogP contribution is 2.32. The van der Waals surface area contributed by atoms with E-state index in [0.717, 1.165) is 0 Å². The molecular formula is C17H20N4O6S2. The van der Waals surface area contributed by atoms with Crippen molar-refractivity contribution in [3.05, 3.63) is 41.0 Å². The van der Waals surface area contributed by atoms with Gasteiger partial charge in [-0.25, -0.2) is 4.98 Å². The Morgan fingerprint density at radius 2 is 1.83 bits per heavy atom. The lowest BCUT2D eigenvalue weighted by atomic mass is 10.0. The monoisotopic (exact) mass is 440 g/mol. The van der Waals surface area contributed by atoms with Crippen LogP contribution < -0.4 is 10.2 Å². The second-order valence-electron chi connectivity index (χ2n) is 6.27. The van der Waals surface area contributed by atoms with Gasteiger partial charge in [0.05, 0.1) is 16.2 Å². The summed E-state index contributed by atoms with van der Waals surface area (Å²) in [5.41, 5.74) is 1.84. The van der Waals surface area contributed by atoms with Gasteiger partial charge in [-0.15, -0.1) is 0 Å². The van der Waals surface area contributed by atoms with Gasteiger partial charge in [0, 0.05) is 19.3 Å². The number of hydrogen-bond donors (Lipinski definition) is 3. The molecule has 0 unspecified atom stereocenters. The number of anilines is 3. The Morgan fingerprint density at radius 1 is 1.17 bits per heavy atom. The van der Waals surface area contributed by atoms with Crippen LogP contribution in [-0.2, 0) is 20.2 Å². The van der Waals surface area contributed by atoms with Gasteiger partial charge in [0.2, 0.25) is 0 Å². The van der Waals surface area contributed by atoms with Crippen LogP contribution in [0.1, 0.15) is 16.7 Å². The number of pyridine rings is 1. The molecule has 0 atom stereocenters. The molecule has 1 heterocycles. The first kappa shape index (κ1) is 22.6. The Hall–Kier alpha value is -2.72. The highest BCUT2D eigenvalue weighted by Gasteiger charge is 2.20. The predicted molar refractivity (Wildman–Crippen MR) is 108 cm³/mol. The first-order chi connectivity index (χ1) is 13.3. The molecule has 156 valence electrons. The fourth-order valence-electron chi connectivity index (χ4n) is 2.60. The molecule has 0 bridgehead atoms. The molecule has 29 heavy (non-hydrogen) atoms. The maximum atomic E-state index is 11.4. The van der Waals surface area contributed by atoms with E-state index in [1.54, 1.807) is 27.0 Å². The van der Waals surface area contributed by atoms with Gasteiger partial charge in [0.25, 0.3) is 20.2 Å². The maximum Gasteiger partial charge on any atom is 0.294 e. The summed E-state index contributed by atoms with van der Waals surface area (Å²) in [7, 11) is -6.99. The minimum absolute atomic E-state index is 0.0978. The highest BCUT2D eigenvalue weighted by atomic mass is 32.2. The van der Waals surface area contributed by atoms with Crippen LogP contribution >= 0.6 is 0 Å². The van der Waals surface area contributed by atoms with E-state index in [9.17, 15) is 26.7 Å². The molecule has 0 saturated heterocycles. The first-order valence-corrected chi connectivity index (χ1v) is 11.3. The summed E-state index contributed by atoms with van der Waals surface area (Å²) in [6.45, 7) is 3.32. The predicted octanol–water partition coefficient (Wildman–Crippen LogP) is 1.88. The molecular weight excluding hydrogens is 420 g/mol. The van der Waals surface area contributed by atoms with Crippen LogP contribution in [0, 0.1) is 25.2 Å². The lowest BCUT2D eigenvalue weighted by molar-refractivity contribution is 0.481. The molecule has 1 aromatic carbocycles. The second-order valence-corrected chi connectivity index (χ2v) is 9.26. The molecule has 1 aromatic heterocycles. The van der Waals surface area contributed by atoms with Crippen LogP contribution in [0.3, 0.4) is 0 Å². The summed E-state index contributed by atoms with van der Waals surface area (Å²) >= 11 is 0. The normalized spacial score (nSPS) is 11.7. The van der Waals surface area contributed by atoms with E-state index in [2.05, 4.69) is 16.4 Å². The Bertz CT molecular complexity index is 1190. The molecule has 0 aliphatic rings. The fourth-order valence-corrected chi connectivity index (χ4v) is 3.48. The molecule has 0 aliphatic carbocycles. The molecule has 0 radical (unpaired) electrons. The van der Waals surface area contributed by atoms with E-state index in [-0.39, 0.29) is 22.8 Å². The Labute approximate surface area is 169 Å². The zero-order chi connectivity index (χ0) is 22.0. The third-order valence-electron chi connectivity index (χ3n) is 4.32. The van der Waals surface area contributed by atoms with E-state index < -0.39 is 26.0 Å². The Kier molecular flexibility index (Phi) is 6.49. The quantitative estimate of drug-likeness (QED) is 0.542. The number of nitriles is 1. The number of nitrogens with zero attached hydrogens (tertiary/aromatic N) is 3. The molecule has 12 heteroatoms. The molecule has 0 aliphatic heterocycles. The lowest BCUT2D eigenvalue weighted by Gasteiger charge is -2.23. The standard InChI is InChI=1S/C17H20N4O6S2/c1-11-12(2)16(19-7-8-28(22,23)24)20-17(15(11)10-18)21(3)13-5-4-6-14(9-13)29(25,26)27/h4-6,9H,7-8H2,1-3H3,(H,19,20)(H,22,23,24)(H,25,26,27). The summed E-state index contributed by atoms with van der Waals surface area (Å²) in [6.07, 6.45) is 0. The molecule has 0 fully saturated rings. The smallest absolute Gasteiger partial charge is 0.294 e. The minimum Gasteiger partial charge on any atom is -0.369 e. The van der Waals surface area contributed by atoms with Crippen LogP contribution in [0.25, 0.3) is 0 Å². The van der Waals surface area contributed by atoms with E-state index in [4.69, 9.17) is 4.55 Å². The van der Waals surface area contributed by atoms with Crippen LogP contribution in [-0.4, -0.2) is 50.3 Å². The van der Waals surface area contributed by atoms with Crippen molar-refractivity contribution in [1.82, 2.24) is 4.98 Å². The van der Waals surface area contributed by atoms with Gasteiger partial charge < -0.3 is 10.2 Å². The fraction of sp³-hybridized carbons (Fsp3) is 0.294. The van der Waals surface area contributed by atoms with Crippen molar-refractivity contribution in [1.29, 1.82) is 5.26 Å². The number of aromatic nitrogens is 1. The van der Waals surface area contributed by atoms with E-state index >= 15 is 0 Å². The number of hydrogen-bond acceptors (Lipinski definition) is 8. The van der Waals surface area contributed by atoms with Gasteiger partial charge in [-0.05, 0) is 43.2 Å². The number of nitrogens with one attached hydrogen (secondary N) is 1.